The Balaban J connectivity index is 1.59. The van der Waals surface area contributed by atoms with Gasteiger partial charge >= 0.3 is 6.09 Å². The third-order valence-electron chi connectivity index (χ3n) is 4.07. The first-order chi connectivity index (χ1) is 12.2. The van der Waals surface area contributed by atoms with E-state index in [4.69, 9.17) is 14.0 Å². The van der Waals surface area contributed by atoms with Crippen LogP contribution in [0, 0.1) is 0 Å². The van der Waals surface area contributed by atoms with Crippen molar-refractivity contribution in [2.45, 2.75) is 13.5 Å². The molecule has 1 fully saturated rings. The summed E-state index contributed by atoms with van der Waals surface area (Å²) in [7, 11) is 1.61. The molecule has 1 aromatic carbocycles. The summed E-state index contributed by atoms with van der Waals surface area (Å²) in [5, 5.41) is 4.05. The van der Waals surface area contributed by atoms with Crippen molar-refractivity contribution in [2.75, 3.05) is 39.9 Å². The Morgan fingerprint density at radius 1 is 1.24 bits per heavy atom. The molecule has 0 radical (unpaired) electrons. The minimum absolute atomic E-state index is 0.251. The molecule has 1 aromatic heterocycles. The number of benzene rings is 1. The van der Waals surface area contributed by atoms with Crippen LogP contribution in [-0.4, -0.2) is 65.9 Å². The second-order valence-corrected chi connectivity index (χ2v) is 5.67. The number of para-hydroxylation sites is 1. The Morgan fingerprint density at radius 3 is 2.72 bits per heavy atom. The average Bonchev–Trinajstić information content (AvgIpc) is 3.11. The van der Waals surface area contributed by atoms with Gasteiger partial charge in [0, 0.05) is 26.2 Å². The minimum Gasteiger partial charge on any atom is -0.496 e. The van der Waals surface area contributed by atoms with Crippen LogP contribution in [0.4, 0.5) is 4.79 Å². The molecular weight excluding hydrogens is 324 g/mol. The number of methoxy groups -OCH3 is 1. The van der Waals surface area contributed by atoms with E-state index in [1.807, 2.05) is 31.2 Å². The molecule has 25 heavy (non-hydrogen) atoms. The van der Waals surface area contributed by atoms with Crippen LogP contribution in [-0.2, 0) is 11.3 Å². The van der Waals surface area contributed by atoms with E-state index in [0.717, 1.165) is 18.7 Å². The van der Waals surface area contributed by atoms with Gasteiger partial charge in [-0.05, 0) is 19.1 Å². The van der Waals surface area contributed by atoms with Gasteiger partial charge in [-0.25, -0.2) is 4.79 Å². The van der Waals surface area contributed by atoms with Crippen LogP contribution in [0.1, 0.15) is 12.8 Å². The summed E-state index contributed by atoms with van der Waals surface area (Å²) < 4.78 is 15.7. The van der Waals surface area contributed by atoms with E-state index in [1.54, 1.807) is 12.0 Å². The number of hydrogen-bond acceptors (Lipinski definition) is 7. The van der Waals surface area contributed by atoms with Crippen LogP contribution in [0.3, 0.4) is 0 Å². The van der Waals surface area contributed by atoms with Crippen LogP contribution in [0.5, 0.6) is 5.75 Å². The van der Waals surface area contributed by atoms with Crippen LogP contribution in [0.15, 0.2) is 28.8 Å². The number of aromatic nitrogens is 2. The fraction of sp³-hybridized carbons (Fsp3) is 0.471. The van der Waals surface area contributed by atoms with Crippen molar-refractivity contribution in [1.82, 2.24) is 19.9 Å². The molecule has 0 unspecified atom stereocenters. The maximum atomic E-state index is 11.7. The zero-order chi connectivity index (χ0) is 17.6. The summed E-state index contributed by atoms with van der Waals surface area (Å²) in [6, 6.07) is 7.56. The summed E-state index contributed by atoms with van der Waals surface area (Å²) in [6.07, 6.45) is -0.251. The number of nitrogens with zero attached hydrogens (tertiary/aromatic N) is 4. The molecule has 2 aromatic rings. The molecule has 0 spiro atoms. The van der Waals surface area contributed by atoms with E-state index in [2.05, 4.69) is 15.0 Å². The fourth-order valence-electron chi connectivity index (χ4n) is 2.75. The van der Waals surface area contributed by atoms with Crippen LogP contribution in [0.25, 0.3) is 11.4 Å². The third kappa shape index (κ3) is 4.08. The Morgan fingerprint density at radius 2 is 2.00 bits per heavy atom. The molecule has 1 aliphatic rings. The molecule has 0 saturated carbocycles. The topological polar surface area (TPSA) is 80.9 Å². The predicted octanol–water partition coefficient (Wildman–Crippen LogP) is 2.02. The number of piperazine rings is 1. The van der Waals surface area contributed by atoms with Gasteiger partial charge in [-0.1, -0.05) is 17.3 Å². The first-order valence-electron chi connectivity index (χ1n) is 8.31. The lowest BCUT2D eigenvalue weighted by Gasteiger charge is -2.33. The smallest absolute Gasteiger partial charge is 0.409 e. The van der Waals surface area contributed by atoms with Gasteiger partial charge in [-0.3, -0.25) is 4.90 Å². The molecule has 3 rings (SSSR count). The Bertz CT molecular complexity index is 710. The number of ether oxygens (including phenoxy) is 2. The predicted molar refractivity (Wildman–Crippen MR) is 90.2 cm³/mol. The maximum absolute atomic E-state index is 11.7. The Hall–Kier alpha value is -2.61. The van der Waals surface area contributed by atoms with Gasteiger partial charge in [-0.15, -0.1) is 0 Å². The number of hydrogen-bond donors (Lipinski definition) is 0. The molecule has 1 aliphatic heterocycles. The molecule has 2 heterocycles. The lowest BCUT2D eigenvalue weighted by molar-refractivity contribution is 0.0749. The summed E-state index contributed by atoms with van der Waals surface area (Å²) in [4.78, 5) is 20.1. The molecule has 0 aliphatic carbocycles. The summed E-state index contributed by atoms with van der Waals surface area (Å²) in [5.41, 5.74) is 0.798. The van der Waals surface area contributed by atoms with E-state index >= 15 is 0 Å². The third-order valence-corrected chi connectivity index (χ3v) is 4.07. The monoisotopic (exact) mass is 346 g/mol. The van der Waals surface area contributed by atoms with Gasteiger partial charge in [-0.2, -0.15) is 4.98 Å². The van der Waals surface area contributed by atoms with Gasteiger partial charge in [0.15, 0.2) is 0 Å². The largest absolute Gasteiger partial charge is 0.496 e. The highest BCUT2D eigenvalue weighted by atomic mass is 16.6. The molecule has 0 N–H and O–H groups in total. The van der Waals surface area contributed by atoms with Crippen LogP contribution in [0.2, 0.25) is 0 Å². The van der Waals surface area contributed by atoms with Crippen molar-refractivity contribution in [3.05, 3.63) is 30.2 Å². The van der Waals surface area contributed by atoms with E-state index in [-0.39, 0.29) is 6.09 Å². The Kier molecular flexibility index (Phi) is 5.49. The second kappa shape index (κ2) is 7.98. The highest BCUT2D eigenvalue weighted by Crippen LogP contribution is 2.27. The average molecular weight is 346 g/mol. The van der Waals surface area contributed by atoms with Crippen LogP contribution < -0.4 is 4.74 Å². The van der Waals surface area contributed by atoms with Crippen molar-refractivity contribution in [3.63, 3.8) is 0 Å². The first-order valence-corrected chi connectivity index (χ1v) is 8.31. The molecule has 1 amide bonds. The highest BCUT2D eigenvalue weighted by Gasteiger charge is 2.23. The number of rotatable bonds is 5. The van der Waals surface area contributed by atoms with E-state index in [0.29, 0.717) is 43.7 Å². The zero-order valence-corrected chi connectivity index (χ0v) is 14.5. The molecule has 134 valence electrons. The minimum atomic E-state index is -0.251. The molecule has 0 atom stereocenters. The SMILES string of the molecule is CCOC(=O)N1CCN(Cc2nc(-c3ccccc3OC)no2)CC1. The van der Waals surface area contributed by atoms with Gasteiger partial charge in [0.2, 0.25) is 11.7 Å². The van der Waals surface area contributed by atoms with Crippen molar-refractivity contribution < 1.29 is 18.8 Å². The van der Waals surface area contributed by atoms with Gasteiger partial charge in [0.1, 0.15) is 5.75 Å². The van der Waals surface area contributed by atoms with E-state index in [1.165, 1.54) is 0 Å². The van der Waals surface area contributed by atoms with E-state index in [9.17, 15) is 4.79 Å². The van der Waals surface area contributed by atoms with Gasteiger partial charge in [0.05, 0.1) is 25.8 Å². The number of carbonyl (C=O) groups is 1. The van der Waals surface area contributed by atoms with Crippen molar-refractivity contribution in [1.29, 1.82) is 0 Å². The summed E-state index contributed by atoms with van der Waals surface area (Å²) in [5.74, 6) is 1.76. The Labute approximate surface area is 146 Å². The normalized spacial score (nSPS) is 15.2. The number of carbonyl (C=O) groups excluding carboxylic acids is 1. The van der Waals surface area contributed by atoms with Crippen molar-refractivity contribution in [2.24, 2.45) is 0 Å². The molecule has 8 nitrogen and oxygen atoms in total. The van der Waals surface area contributed by atoms with Gasteiger partial charge in [0.25, 0.3) is 0 Å². The fourth-order valence-corrected chi connectivity index (χ4v) is 2.75. The van der Waals surface area contributed by atoms with Gasteiger partial charge < -0.3 is 18.9 Å². The van der Waals surface area contributed by atoms with Crippen molar-refractivity contribution >= 4 is 6.09 Å². The summed E-state index contributed by atoms with van der Waals surface area (Å²) >= 11 is 0. The molecule has 1 saturated heterocycles. The summed E-state index contributed by atoms with van der Waals surface area (Å²) in [6.45, 7) is 5.50. The standard InChI is InChI=1S/C17H22N4O4/c1-3-24-17(22)21-10-8-20(9-11-21)12-15-18-16(19-25-15)13-6-4-5-7-14(13)23-2/h4-7H,3,8-12H2,1-2H3. The highest BCUT2D eigenvalue weighted by molar-refractivity contribution is 5.67. The maximum Gasteiger partial charge on any atom is 0.409 e. The van der Waals surface area contributed by atoms with Crippen molar-refractivity contribution in [3.8, 4) is 17.1 Å². The lowest BCUT2D eigenvalue weighted by Crippen LogP contribution is -2.48. The molecule has 8 heteroatoms. The number of amides is 1. The van der Waals surface area contributed by atoms with Crippen LogP contribution >= 0.6 is 0 Å². The quantitative estimate of drug-likeness (QED) is 0.819. The first kappa shape index (κ1) is 17.2. The second-order valence-electron chi connectivity index (χ2n) is 5.67. The molecule has 0 bridgehead atoms. The zero-order valence-electron chi connectivity index (χ0n) is 14.5. The van der Waals surface area contributed by atoms with E-state index < -0.39 is 0 Å². The molecular formula is C17H22N4O4. The lowest BCUT2D eigenvalue weighted by atomic mass is 10.2.